The number of hydrogen-bond donors (Lipinski definition) is 2. The second-order valence-corrected chi connectivity index (χ2v) is 6.61. The number of anilines is 1. The lowest BCUT2D eigenvalue weighted by Crippen LogP contribution is -2.52. The number of aryl methyl sites for hydroxylation is 3. The van der Waals surface area contributed by atoms with Gasteiger partial charge in [-0.3, -0.25) is 9.69 Å². The summed E-state index contributed by atoms with van der Waals surface area (Å²) >= 11 is 0. The Kier molecular flexibility index (Phi) is 5.10. The lowest BCUT2D eigenvalue weighted by atomic mass is 10.2. The van der Waals surface area contributed by atoms with Gasteiger partial charge in [-0.15, -0.1) is 0 Å². The molecule has 0 spiro atoms. The summed E-state index contributed by atoms with van der Waals surface area (Å²) in [5, 5.41) is 10.7. The number of piperazine rings is 1. The molecule has 1 aliphatic rings. The highest BCUT2D eigenvalue weighted by Gasteiger charge is 2.21. The SMILES string of the molecule is Cc1cc(C)nc(-n2nc(C)cc2NC(=O)CN2CCNC[C@H]2C)n1. The van der Waals surface area contributed by atoms with Crippen molar-refractivity contribution in [3.63, 3.8) is 0 Å². The van der Waals surface area contributed by atoms with Gasteiger partial charge in [0.05, 0.1) is 12.2 Å². The summed E-state index contributed by atoms with van der Waals surface area (Å²) in [4.78, 5) is 23.5. The molecular weight excluding hydrogens is 318 g/mol. The Morgan fingerprint density at radius 3 is 2.64 bits per heavy atom. The van der Waals surface area contributed by atoms with Crippen molar-refractivity contribution in [3.05, 3.63) is 29.2 Å². The van der Waals surface area contributed by atoms with Gasteiger partial charge in [0, 0.05) is 43.1 Å². The summed E-state index contributed by atoms with van der Waals surface area (Å²) in [5.41, 5.74) is 2.53. The standard InChI is InChI=1S/C17H25N7O/c1-11-7-12(2)20-17(19-11)24-15(8-13(3)22-24)21-16(25)10-23-6-5-18-9-14(23)4/h7-8,14,18H,5-6,9-10H2,1-4H3,(H,21,25)/t14-/m1/s1. The number of amides is 1. The highest BCUT2D eigenvalue weighted by Crippen LogP contribution is 2.15. The highest BCUT2D eigenvalue weighted by atomic mass is 16.2. The highest BCUT2D eigenvalue weighted by molar-refractivity contribution is 5.91. The van der Waals surface area contributed by atoms with Crippen LogP contribution in [0.1, 0.15) is 24.0 Å². The maximum Gasteiger partial charge on any atom is 0.252 e. The molecule has 0 radical (unpaired) electrons. The molecule has 1 aliphatic heterocycles. The Labute approximate surface area is 147 Å². The molecule has 2 aromatic rings. The molecule has 0 aliphatic carbocycles. The summed E-state index contributed by atoms with van der Waals surface area (Å²) in [7, 11) is 0. The topological polar surface area (TPSA) is 88.0 Å². The molecule has 3 rings (SSSR count). The van der Waals surface area contributed by atoms with Crippen LogP contribution in [0.3, 0.4) is 0 Å². The molecule has 1 amide bonds. The third-order valence-corrected chi connectivity index (χ3v) is 4.24. The van der Waals surface area contributed by atoms with Gasteiger partial charge in [-0.25, -0.2) is 9.97 Å². The van der Waals surface area contributed by atoms with Crippen LogP contribution in [0.25, 0.3) is 5.95 Å². The maximum atomic E-state index is 12.5. The normalized spacial score (nSPS) is 18.3. The lowest BCUT2D eigenvalue weighted by molar-refractivity contribution is -0.118. The van der Waals surface area contributed by atoms with E-state index in [-0.39, 0.29) is 5.91 Å². The van der Waals surface area contributed by atoms with Crippen LogP contribution in [0.5, 0.6) is 0 Å². The molecule has 0 unspecified atom stereocenters. The van der Waals surface area contributed by atoms with Gasteiger partial charge in [0.1, 0.15) is 5.82 Å². The van der Waals surface area contributed by atoms with Crippen LogP contribution in [0, 0.1) is 20.8 Å². The van der Waals surface area contributed by atoms with E-state index in [1.807, 2.05) is 32.9 Å². The molecular formula is C17H25N7O. The van der Waals surface area contributed by atoms with Gasteiger partial charge in [-0.05, 0) is 33.8 Å². The van der Waals surface area contributed by atoms with Gasteiger partial charge in [0.25, 0.3) is 5.95 Å². The van der Waals surface area contributed by atoms with Gasteiger partial charge < -0.3 is 10.6 Å². The van der Waals surface area contributed by atoms with Crippen LogP contribution >= 0.6 is 0 Å². The van der Waals surface area contributed by atoms with Crippen molar-refractivity contribution < 1.29 is 4.79 Å². The van der Waals surface area contributed by atoms with Crippen molar-refractivity contribution >= 4 is 11.7 Å². The number of rotatable bonds is 4. The van der Waals surface area contributed by atoms with E-state index in [4.69, 9.17) is 0 Å². The zero-order valence-electron chi connectivity index (χ0n) is 15.2. The van der Waals surface area contributed by atoms with Gasteiger partial charge in [-0.1, -0.05) is 0 Å². The fraction of sp³-hybridized carbons (Fsp3) is 0.529. The average Bonchev–Trinajstić information content (AvgIpc) is 2.89. The van der Waals surface area contributed by atoms with Crippen molar-refractivity contribution in [1.82, 2.24) is 30.0 Å². The second kappa shape index (κ2) is 7.28. The molecule has 1 saturated heterocycles. The lowest BCUT2D eigenvalue weighted by Gasteiger charge is -2.33. The number of carbonyl (C=O) groups excluding carboxylic acids is 1. The fourth-order valence-electron chi connectivity index (χ4n) is 3.03. The quantitative estimate of drug-likeness (QED) is 0.855. The Morgan fingerprint density at radius 1 is 1.24 bits per heavy atom. The summed E-state index contributed by atoms with van der Waals surface area (Å²) in [5.74, 6) is 1.01. The first-order chi connectivity index (χ1) is 11.9. The number of nitrogens with one attached hydrogen (secondary N) is 2. The fourth-order valence-corrected chi connectivity index (χ4v) is 3.03. The average molecular weight is 343 g/mol. The Hall–Kier alpha value is -2.32. The zero-order chi connectivity index (χ0) is 18.0. The van der Waals surface area contributed by atoms with Crippen LogP contribution in [-0.2, 0) is 4.79 Å². The molecule has 1 atom stereocenters. The largest absolute Gasteiger partial charge is 0.314 e. The molecule has 8 nitrogen and oxygen atoms in total. The van der Waals surface area contributed by atoms with Crippen LogP contribution in [-0.4, -0.2) is 62.8 Å². The zero-order valence-corrected chi connectivity index (χ0v) is 15.2. The van der Waals surface area contributed by atoms with E-state index in [9.17, 15) is 4.79 Å². The van der Waals surface area contributed by atoms with E-state index in [1.165, 1.54) is 0 Å². The number of carbonyl (C=O) groups is 1. The van der Waals surface area contributed by atoms with E-state index < -0.39 is 0 Å². The number of aromatic nitrogens is 4. The van der Waals surface area contributed by atoms with E-state index in [0.717, 1.165) is 36.7 Å². The van der Waals surface area contributed by atoms with Crippen molar-refractivity contribution in [2.45, 2.75) is 33.7 Å². The van der Waals surface area contributed by atoms with Crippen LogP contribution in [0.15, 0.2) is 12.1 Å². The minimum absolute atomic E-state index is 0.0562. The van der Waals surface area contributed by atoms with E-state index in [0.29, 0.717) is 24.4 Å². The van der Waals surface area contributed by atoms with Crippen molar-refractivity contribution in [2.24, 2.45) is 0 Å². The van der Waals surface area contributed by atoms with E-state index in [1.54, 1.807) is 4.68 Å². The van der Waals surface area contributed by atoms with Gasteiger partial charge in [-0.2, -0.15) is 9.78 Å². The molecule has 8 heteroatoms. The molecule has 0 bridgehead atoms. The van der Waals surface area contributed by atoms with Crippen molar-refractivity contribution in [3.8, 4) is 5.95 Å². The molecule has 2 aromatic heterocycles. The predicted octanol–water partition coefficient (Wildman–Crippen LogP) is 0.820. The van der Waals surface area contributed by atoms with Gasteiger partial charge in [0.15, 0.2) is 0 Å². The number of hydrogen-bond acceptors (Lipinski definition) is 6. The summed E-state index contributed by atoms with van der Waals surface area (Å²) in [6.45, 7) is 10.9. The van der Waals surface area contributed by atoms with Crippen LogP contribution < -0.4 is 10.6 Å². The second-order valence-electron chi connectivity index (χ2n) is 6.61. The minimum atomic E-state index is -0.0562. The Bertz CT molecular complexity index is 750. The molecule has 134 valence electrons. The third-order valence-electron chi connectivity index (χ3n) is 4.24. The molecule has 1 fully saturated rings. The smallest absolute Gasteiger partial charge is 0.252 e. The number of nitrogens with zero attached hydrogens (tertiary/aromatic N) is 5. The first kappa shape index (κ1) is 17.5. The predicted molar refractivity (Wildman–Crippen MR) is 95.9 cm³/mol. The summed E-state index contributed by atoms with van der Waals surface area (Å²) in [6.07, 6.45) is 0. The van der Waals surface area contributed by atoms with Crippen LogP contribution in [0.2, 0.25) is 0 Å². The first-order valence-electron chi connectivity index (χ1n) is 8.56. The first-order valence-corrected chi connectivity index (χ1v) is 8.56. The Morgan fingerprint density at radius 2 is 1.96 bits per heavy atom. The Balaban J connectivity index is 1.77. The monoisotopic (exact) mass is 343 g/mol. The minimum Gasteiger partial charge on any atom is -0.314 e. The third kappa shape index (κ3) is 4.21. The molecule has 2 N–H and O–H groups in total. The van der Waals surface area contributed by atoms with Crippen molar-refractivity contribution in [2.75, 3.05) is 31.5 Å². The van der Waals surface area contributed by atoms with Crippen LogP contribution in [0.4, 0.5) is 5.82 Å². The molecule has 0 aromatic carbocycles. The van der Waals surface area contributed by atoms with E-state index in [2.05, 4.69) is 37.5 Å². The molecule has 3 heterocycles. The maximum absolute atomic E-state index is 12.5. The van der Waals surface area contributed by atoms with Gasteiger partial charge >= 0.3 is 0 Å². The molecule has 25 heavy (non-hydrogen) atoms. The van der Waals surface area contributed by atoms with E-state index >= 15 is 0 Å². The summed E-state index contributed by atoms with van der Waals surface area (Å²) in [6, 6.07) is 4.08. The van der Waals surface area contributed by atoms with Crippen molar-refractivity contribution in [1.29, 1.82) is 0 Å². The summed E-state index contributed by atoms with van der Waals surface area (Å²) < 4.78 is 1.59. The molecule has 0 saturated carbocycles. The van der Waals surface area contributed by atoms with Gasteiger partial charge in [0.2, 0.25) is 5.91 Å².